The number of esters is 1. The van der Waals surface area contributed by atoms with E-state index in [1.165, 1.54) is 7.11 Å². The van der Waals surface area contributed by atoms with Gasteiger partial charge in [-0.25, -0.2) is 4.79 Å². The van der Waals surface area contributed by atoms with E-state index in [2.05, 4.69) is 4.99 Å². The number of carbonyl (C=O) groups excluding carboxylic acids is 1. The first-order valence-electron chi connectivity index (χ1n) is 6.13. The Balaban J connectivity index is 2.30. The molecule has 4 heteroatoms. The minimum absolute atomic E-state index is 0.403. The fraction of sp³-hybridized carbons (Fsp3) is 0.125. The molecule has 0 spiro atoms. The van der Waals surface area contributed by atoms with E-state index in [-0.39, 0.29) is 0 Å². The van der Waals surface area contributed by atoms with Gasteiger partial charge in [-0.15, -0.1) is 0 Å². The molecule has 0 saturated carbocycles. The van der Waals surface area contributed by atoms with Gasteiger partial charge < -0.3 is 4.74 Å². The third kappa shape index (κ3) is 3.45. The molecule has 0 aliphatic heterocycles. The predicted molar refractivity (Wildman–Crippen MR) is 80.2 cm³/mol. The normalized spacial score (nSPS) is 12.3. The Morgan fingerprint density at radius 1 is 1.15 bits per heavy atom. The fourth-order valence-corrected chi connectivity index (χ4v) is 1.95. The minimum atomic E-state index is -0.683. The lowest BCUT2D eigenvalue weighted by Gasteiger charge is -2.10. The van der Waals surface area contributed by atoms with Crippen molar-refractivity contribution in [2.24, 2.45) is 4.99 Å². The van der Waals surface area contributed by atoms with Gasteiger partial charge in [0.05, 0.1) is 7.11 Å². The van der Waals surface area contributed by atoms with Crippen molar-refractivity contribution in [3.63, 3.8) is 0 Å². The highest BCUT2D eigenvalue weighted by atomic mass is 35.5. The van der Waals surface area contributed by atoms with Gasteiger partial charge in [-0.3, -0.25) is 4.99 Å². The van der Waals surface area contributed by atoms with E-state index in [1.54, 1.807) is 12.3 Å². The zero-order valence-electron chi connectivity index (χ0n) is 11.0. The van der Waals surface area contributed by atoms with Crippen LogP contribution in [0.5, 0.6) is 0 Å². The highest BCUT2D eigenvalue weighted by Gasteiger charge is 2.19. The van der Waals surface area contributed by atoms with Gasteiger partial charge in [0.25, 0.3) is 0 Å². The van der Waals surface area contributed by atoms with Gasteiger partial charge >= 0.3 is 5.97 Å². The zero-order valence-corrected chi connectivity index (χ0v) is 11.7. The van der Waals surface area contributed by atoms with Gasteiger partial charge in [-0.1, -0.05) is 60.1 Å². The van der Waals surface area contributed by atoms with Crippen LogP contribution >= 0.6 is 11.6 Å². The second kappa shape index (κ2) is 6.87. The summed E-state index contributed by atoms with van der Waals surface area (Å²) in [5, 5.41) is 0.591. The molecular formula is C16H14ClNO2. The molecule has 0 aliphatic carbocycles. The standard InChI is InChI=1S/C16H14ClNO2/c1-20-16(19)15(12-7-3-2-4-8-12)18-11-13-9-5-6-10-14(13)17/h2-11,15H,1H3/t15-/m0/s1. The molecule has 0 heterocycles. The van der Waals surface area contributed by atoms with E-state index in [4.69, 9.17) is 16.3 Å². The fourth-order valence-electron chi connectivity index (χ4n) is 1.76. The summed E-state index contributed by atoms with van der Waals surface area (Å²) in [6, 6.07) is 15.9. The maximum Gasteiger partial charge on any atom is 0.335 e. The smallest absolute Gasteiger partial charge is 0.335 e. The lowest BCUT2D eigenvalue weighted by molar-refractivity contribution is -0.142. The average molecular weight is 288 g/mol. The Labute approximate surface area is 122 Å². The topological polar surface area (TPSA) is 38.7 Å². The number of halogens is 1. The SMILES string of the molecule is COC(=O)[C@@H](N=Cc1ccccc1Cl)c1ccccc1. The number of carbonyl (C=O) groups is 1. The summed E-state index contributed by atoms with van der Waals surface area (Å²) in [5.41, 5.74) is 1.54. The Kier molecular flexibility index (Phi) is 4.91. The van der Waals surface area contributed by atoms with Crippen LogP contribution in [-0.4, -0.2) is 19.3 Å². The first-order valence-corrected chi connectivity index (χ1v) is 6.50. The summed E-state index contributed by atoms with van der Waals surface area (Å²) in [6.45, 7) is 0. The quantitative estimate of drug-likeness (QED) is 0.636. The molecule has 0 fully saturated rings. The zero-order chi connectivity index (χ0) is 14.4. The Morgan fingerprint density at radius 2 is 1.80 bits per heavy atom. The van der Waals surface area contributed by atoms with Crippen LogP contribution in [0.25, 0.3) is 0 Å². The maximum absolute atomic E-state index is 11.8. The molecule has 0 aliphatic rings. The van der Waals surface area contributed by atoms with Crippen molar-refractivity contribution >= 4 is 23.8 Å². The molecule has 0 N–H and O–H groups in total. The Morgan fingerprint density at radius 3 is 2.45 bits per heavy atom. The van der Waals surface area contributed by atoms with Crippen LogP contribution in [0, 0.1) is 0 Å². The summed E-state index contributed by atoms with van der Waals surface area (Å²) in [6.07, 6.45) is 1.59. The molecule has 0 unspecified atom stereocenters. The highest BCUT2D eigenvalue weighted by Crippen LogP contribution is 2.20. The van der Waals surface area contributed by atoms with Crippen LogP contribution < -0.4 is 0 Å². The third-order valence-corrected chi connectivity index (χ3v) is 3.15. The average Bonchev–Trinajstić information content (AvgIpc) is 2.50. The first-order chi connectivity index (χ1) is 9.72. The minimum Gasteiger partial charge on any atom is -0.467 e. The predicted octanol–water partition coefficient (Wildman–Crippen LogP) is 3.67. The van der Waals surface area contributed by atoms with Gasteiger partial charge in [-0.05, 0) is 11.6 Å². The largest absolute Gasteiger partial charge is 0.467 e. The molecule has 1 atom stereocenters. The molecule has 2 aromatic rings. The lowest BCUT2D eigenvalue weighted by Crippen LogP contribution is -2.12. The van der Waals surface area contributed by atoms with Crippen molar-refractivity contribution in [2.45, 2.75) is 6.04 Å². The van der Waals surface area contributed by atoms with Crippen molar-refractivity contribution in [3.8, 4) is 0 Å². The highest BCUT2D eigenvalue weighted by molar-refractivity contribution is 6.33. The lowest BCUT2D eigenvalue weighted by atomic mass is 10.1. The Bertz CT molecular complexity index is 611. The number of hydrogen-bond acceptors (Lipinski definition) is 3. The van der Waals surface area contributed by atoms with Gasteiger partial charge in [0, 0.05) is 16.8 Å². The monoisotopic (exact) mass is 287 g/mol. The van der Waals surface area contributed by atoms with Gasteiger partial charge in [0.1, 0.15) is 0 Å². The number of benzene rings is 2. The second-order valence-corrected chi connectivity index (χ2v) is 4.54. The van der Waals surface area contributed by atoms with E-state index in [0.29, 0.717) is 5.02 Å². The number of methoxy groups -OCH3 is 1. The molecule has 102 valence electrons. The third-order valence-electron chi connectivity index (χ3n) is 2.81. The molecular weight excluding hydrogens is 274 g/mol. The number of ether oxygens (including phenoxy) is 1. The number of hydrogen-bond donors (Lipinski definition) is 0. The molecule has 0 amide bonds. The van der Waals surface area contributed by atoms with Crippen molar-refractivity contribution in [1.82, 2.24) is 0 Å². The Hall–Kier alpha value is -2.13. The van der Waals surface area contributed by atoms with Crippen LogP contribution in [0.4, 0.5) is 0 Å². The van der Waals surface area contributed by atoms with E-state index in [0.717, 1.165) is 11.1 Å². The second-order valence-electron chi connectivity index (χ2n) is 4.14. The van der Waals surface area contributed by atoms with Gasteiger partial charge in [0.2, 0.25) is 0 Å². The summed E-state index contributed by atoms with van der Waals surface area (Å²) < 4.78 is 4.80. The molecule has 0 radical (unpaired) electrons. The van der Waals surface area contributed by atoms with Gasteiger partial charge in [-0.2, -0.15) is 0 Å². The maximum atomic E-state index is 11.8. The van der Waals surface area contributed by atoms with E-state index >= 15 is 0 Å². The molecule has 2 rings (SSSR count). The van der Waals surface area contributed by atoms with Crippen LogP contribution in [0.2, 0.25) is 5.02 Å². The van der Waals surface area contributed by atoms with Crippen LogP contribution in [-0.2, 0) is 9.53 Å². The molecule has 3 nitrogen and oxygen atoms in total. The van der Waals surface area contributed by atoms with Crippen molar-refractivity contribution < 1.29 is 9.53 Å². The molecule has 2 aromatic carbocycles. The van der Waals surface area contributed by atoms with Crippen molar-refractivity contribution in [2.75, 3.05) is 7.11 Å². The number of rotatable bonds is 4. The molecule has 0 aromatic heterocycles. The van der Waals surface area contributed by atoms with Gasteiger partial charge in [0.15, 0.2) is 6.04 Å². The van der Waals surface area contributed by atoms with E-state index in [9.17, 15) is 4.79 Å². The summed E-state index contributed by atoms with van der Waals surface area (Å²) in [5.74, 6) is -0.403. The summed E-state index contributed by atoms with van der Waals surface area (Å²) >= 11 is 6.06. The van der Waals surface area contributed by atoms with E-state index in [1.807, 2.05) is 48.5 Å². The summed E-state index contributed by atoms with van der Waals surface area (Å²) in [7, 11) is 1.35. The van der Waals surface area contributed by atoms with E-state index < -0.39 is 12.0 Å². The van der Waals surface area contributed by atoms with Crippen LogP contribution in [0.3, 0.4) is 0 Å². The van der Waals surface area contributed by atoms with Crippen molar-refractivity contribution in [3.05, 3.63) is 70.7 Å². The summed E-state index contributed by atoms with van der Waals surface area (Å²) in [4.78, 5) is 16.2. The van der Waals surface area contributed by atoms with Crippen LogP contribution in [0.15, 0.2) is 59.6 Å². The number of nitrogens with zero attached hydrogens (tertiary/aromatic N) is 1. The molecule has 20 heavy (non-hydrogen) atoms. The van der Waals surface area contributed by atoms with Crippen molar-refractivity contribution in [1.29, 1.82) is 0 Å². The number of aliphatic imine (C=N–C) groups is 1. The molecule has 0 bridgehead atoms. The first kappa shape index (κ1) is 14.3. The van der Waals surface area contributed by atoms with Crippen LogP contribution in [0.1, 0.15) is 17.2 Å². The molecule has 0 saturated heterocycles.